The molecule has 5 aromatic rings. The third-order valence-electron chi connectivity index (χ3n) is 6.74. The Kier molecular flexibility index (Phi) is 6.62. The van der Waals surface area contributed by atoms with Crippen molar-refractivity contribution in [1.29, 1.82) is 0 Å². The summed E-state index contributed by atoms with van der Waals surface area (Å²) in [6.45, 7) is 1.22. The molecule has 0 atom stereocenters. The molecule has 6 rings (SSSR count). The summed E-state index contributed by atoms with van der Waals surface area (Å²) in [5.41, 5.74) is 4.72. The van der Waals surface area contributed by atoms with Gasteiger partial charge in [0.25, 0.3) is 11.8 Å². The van der Waals surface area contributed by atoms with Gasteiger partial charge in [0.15, 0.2) is 0 Å². The van der Waals surface area contributed by atoms with Gasteiger partial charge in [0.1, 0.15) is 17.2 Å². The predicted molar refractivity (Wildman–Crippen MR) is 149 cm³/mol. The van der Waals surface area contributed by atoms with Crippen LogP contribution in [0.1, 0.15) is 37.7 Å². The molecule has 39 heavy (non-hydrogen) atoms. The molecule has 7 heteroatoms. The number of ether oxygens (including phenoxy) is 1. The van der Waals surface area contributed by atoms with Gasteiger partial charge in [0.2, 0.25) is 0 Å². The third kappa shape index (κ3) is 5.15. The smallest absolute Gasteiger partial charge is 0.268 e. The van der Waals surface area contributed by atoms with E-state index in [0.717, 1.165) is 28.3 Å². The quantitative estimate of drug-likeness (QED) is 0.310. The molecule has 0 saturated heterocycles. The Morgan fingerprint density at radius 2 is 1.56 bits per heavy atom. The zero-order valence-corrected chi connectivity index (χ0v) is 21.2. The summed E-state index contributed by atoms with van der Waals surface area (Å²) >= 11 is 0. The summed E-state index contributed by atoms with van der Waals surface area (Å²) in [5, 5.41) is 2.99. The Morgan fingerprint density at radius 1 is 0.795 bits per heavy atom. The molecule has 7 nitrogen and oxygen atoms in total. The van der Waals surface area contributed by atoms with E-state index in [4.69, 9.17) is 4.74 Å². The summed E-state index contributed by atoms with van der Waals surface area (Å²) in [6.07, 6.45) is 3.44. The molecule has 0 spiro atoms. The van der Waals surface area contributed by atoms with Crippen molar-refractivity contribution in [3.63, 3.8) is 0 Å². The van der Waals surface area contributed by atoms with Gasteiger partial charge in [0.05, 0.1) is 13.1 Å². The Morgan fingerprint density at radius 3 is 2.36 bits per heavy atom. The number of rotatable bonds is 6. The second kappa shape index (κ2) is 10.7. The van der Waals surface area contributed by atoms with Crippen molar-refractivity contribution in [2.75, 3.05) is 4.90 Å². The fraction of sp³-hybridized carbons (Fsp3) is 0.0938. The highest BCUT2D eigenvalue weighted by atomic mass is 16.5. The Bertz CT molecular complexity index is 1610. The van der Waals surface area contributed by atoms with Crippen molar-refractivity contribution >= 4 is 17.5 Å². The Labute approximate surface area is 226 Å². The standard InChI is InChI=1S/C32H26N4O3/c37-31(34-20-23-7-6-18-33-19-23)30-17-14-26-22-36(29-11-5-4-8-25(29)21-35(26)30)32(38)24-12-15-28(16-13-24)39-27-9-2-1-3-10-27/h1-19H,20-22H2,(H,34,37). The summed E-state index contributed by atoms with van der Waals surface area (Å²) in [5.74, 6) is 1.10. The topological polar surface area (TPSA) is 76.5 Å². The van der Waals surface area contributed by atoms with E-state index in [2.05, 4.69) is 10.3 Å². The number of aromatic nitrogens is 2. The van der Waals surface area contributed by atoms with Crippen LogP contribution in [0.25, 0.3) is 0 Å². The molecule has 0 fully saturated rings. The molecule has 0 saturated carbocycles. The number of nitrogens with one attached hydrogen (secondary N) is 1. The SMILES string of the molecule is O=C(NCc1cccnc1)c1ccc2n1Cc1ccccc1N(C(=O)c1ccc(Oc3ccccc3)cc1)C2. The van der Waals surface area contributed by atoms with Gasteiger partial charge in [-0.05, 0) is 71.8 Å². The Hall–Kier alpha value is -5.17. The number of anilines is 1. The molecule has 192 valence electrons. The summed E-state index contributed by atoms with van der Waals surface area (Å²) in [7, 11) is 0. The molecule has 3 heterocycles. The first-order chi connectivity index (χ1) is 19.2. The number of nitrogens with zero attached hydrogens (tertiary/aromatic N) is 3. The number of hydrogen-bond donors (Lipinski definition) is 1. The van der Waals surface area contributed by atoms with E-state index in [1.807, 2.05) is 83.4 Å². The third-order valence-corrected chi connectivity index (χ3v) is 6.74. The molecule has 1 aliphatic heterocycles. The lowest BCUT2D eigenvalue weighted by molar-refractivity contribution is 0.0941. The average Bonchev–Trinajstić information content (AvgIpc) is 3.30. The zero-order valence-electron chi connectivity index (χ0n) is 21.2. The van der Waals surface area contributed by atoms with Crippen molar-refractivity contribution in [3.8, 4) is 11.5 Å². The van der Waals surface area contributed by atoms with Crippen LogP contribution in [0.15, 0.2) is 116 Å². The monoisotopic (exact) mass is 514 g/mol. The minimum Gasteiger partial charge on any atom is -0.457 e. The summed E-state index contributed by atoms with van der Waals surface area (Å²) in [4.78, 5) is 32.8. The number of hydrogen-bond acceptors (Lipinski definition) is 4. The van der Waals surface area contributed by atoms with Crippen LogP contribution in [0.5, 0.6) is 11.5 Å². The van der Waals surface area contributed by atoms with Crippen LogP contribution in [0, 0.1) is 0 Å². The van der Waals surface area contributed by atoms with Gasteiger partial charge in [-0.1, -0.05) is 42.5 Å². The maximum absolute atomic E-state index is 13.8. The molecule has 2 aromatic heterocycles. The number of pyridine rings is 1. The Balaban J connectivity index is 1.25. The molecule has 0 bridgehead atoms. The number of benzene rings is 3. The second-order valence-corrected chi connectivity index (χ2v) is 9.30. The van der Waals surface area contributed by atoms with Gasteiger partial charge in [-0.25, -0.2) is 0 Å². The molecular formula is C32H26N4O3. The summed E-state index contributed by atoms with van der Waals surface area (Å²) < 4.78 is 7.87. The van der Waals surface area contributed by atoms with Crippen molar-refractivity contribution in [3.05, 3.63) is 144 Å². The van der Waals surface area contributed by atoms with Crippen molar-refractivity contribution < 1.29 is 14.3 Å². The van der Waals surface area contributed by atoms with Crippen LogP contribution in [0.3, 0.4) is 0 Å². The van der Waals surface area contributed by atoms with Crippen LogP contribution in [0.4, 0.5) is 5.69 Å². The van der Waals surface area contributed by atoms with Crippen LogP contribution < -0.4 is 15.0 Å². The van der Waals surface area contributed by atoms with Crippen LogP contribution >= 0.6 is 0 Å². The largest absolute Gasteiger partial charge is 0.457 e. The molecule has 0 unspecified atom stereocenters. The zero-order chi connectivity index (χ0) is 26.6. The van der Waals surface area contributed by atoms with Crippen LogP contribution in [0.2, 0.25) is 0 Å². The average molecular weight is 515 g/mol. The highest BCUT2D eigenvalue weighted by Crippen LogP contribution is 2.31. The normalized spacial score (nSPS) is 12.2. The minimum atomic E-state index is -0.170. The lowest BCUT2D eigenvalue weighted by Crippen LogP contribution is -2.30. The van der Waals surface area contributed by atoms with E-state index in [1.165, 1.54) is 0 Å². The number of para-hydroxylation sites is 2. The van der Waals surface area contributed by atoms with Crippen molar-refractivity contribution in [1.82, 2.24) is 14.9 Å². The fourth-order valence-electron chi connectivity index (χ4n) is 4.76. The van der Waals surface area contributed by atoms with E-state index in [-0.39, 0.29) is 11.8 Å². The van der Waals surface area contributed by atoms with E-state index >= 15 is 0 Å². The van der Waals surface area contributed by atoms with E-state index in [1.54, 1.807) is 41.6 Å². The lowest BCUT2D eigenvalue weighted by Gasteiger charge is -2.23. The lowest BCUT2D eigenvalue weighted by atomic mass is 10.1. The number of fused-ring (bicyclic) bond motifs is 2. The molecule has 2 amide bonds. The number of amides is 2. The first kappa shape index (κ1) is 24.2. The van der Waals surface area contributed by atoms with Gasteiger partial charge in [0, 0.05) is 35.9 Å². The number of carbonyl (C=O) groups excluding carboxylic acids is 2. The maximum Gasteiger partial charge on any atom is 0.268 e. The highest BCUT2D eigenvalue weighted by Gasteiger charge is 2.27. The van der Waals surface area contributed by atoms with Crippen LogP contribution in [-0.2, 0) is 19.6 Å². The van der Waals surface area contributed by atoms with Crippen molar-refractivity contribution in [2.24, 2.45) is 0 Å². The van der Waals surface area contributed by atoms with E-state index < -0.39 is 0 Å². The van der Waals surface area contributed by atoms with Gasteiger partial charge in [-0.2, -0.15) is 0 Å². The fourth-order valence-corrected chi connectivity index (χ4v) is 4.76. The first-order valence-corrected chi connectivity index (χ1v) is 12.7. The molecule has 3 aromatic carbocycles. The summed E-state index contributed by atoms with van der Waals surface area (Å²) in [6, 6.07) is 32.0. The highest BCUT2D eigenvalue weighted by molar-refractivity contribution is 6.06. The second-order valence-electron chi connectivity index (χ2n) is 9.30. The van der Waals surface area contributed by atoms with Crippen molar-refractivity contribution in [2.45, 2.75) is 19.6 Å². The molecule has 0 radical (unpaired) electrons. The van der Waals surface area contributed by atoms with Gasteiger partial charge in [-0.3, -0.25) is 14.6 Å². The first-order valence-electron chi connectivity index (χ1n) is 12.7. The van der Waals surface area contributed by atoms with E-state index in [0.29, 0.717) is 36.6 Å². The molecule has 0 aliphatic carbocycles. The van der Waals surface area contributed by atoms with Gasteiger partial charge < -0.3 is 19.5 Å². The van der Waals surface area contributed by atoms with Crippen LogP contribution in [-0.4, -0.2) is 21.4 Å². The van der Waals surface area contributed by atoms with E-state index in [9.17, 15) is 9.59 Å². The predicted octanol–water partition coefficient (Wildman–Crippen LogP) is 5.81. The van der Waals surface area contributed by atoms with Gasteiger partial charge >= 0.3 is 0 Å². The minimum absolute atomic E-state index is 0.119. The maximum atomic E-state index is 13.8. The molecule has 1 aliphatic rings. The van der Waals surface area contributed by atoms with Gasteiger partial charge in [-0.15, -0.1) is 0 Å². The molecular weight excluding hydrogens is 488 g/mol. The number of carbonyl (C=O) groups is 2. The molecule has 1 N–H and O–H groups in total.